The first-order valence-electron chi connectivity index (χ1n) is 12.1. The van der Waals surface area contributed by atoms with E-state index in [0.29, 0.717) is 12.8 Å². The van der Waals surface area contributed by atoms with Gasteiger partial charge in [0.2, 0.25) is 27.6 Å². The fourth-order valence-electron chi connectivity index (χ4n) is 4.50. The Bertz CT molecular complexity index is 1130. The summed E-state index contributed by atoms with van der Waals surface area (Å²) < 4.78 is 85.9. The lowest BCUT2D eigenvalue weighted by molar-refractivity contribution is -0.140. The van der Waals surface area contributed by atoms with E-state index in [1.165, 1.54) is 4.31 Å². The maximum Gasteiger partial charge on any atom is 0.305 e. The molecule has 0 radical (unpaired) electrons. The Morgan fingerprint density at radius 1 is 1.00 bits per heavy atom. The molecule has 0 aromatic heterocycles. The van der Waals surface area contributed by atoms with E-state index in [1.807, 2.05) is 0 Å². The van der Waals surface area contributed by atoms with Crippen molar-refractivity contribution >= 4 is 27.7 Å². The van der Waals surface area contributed by atoms with Gasteiger partial charge in [0.05, 0.1) is 18.2 Å². The number of halogens is 4. The van der Waals surface area contributed by atoms with Gasteiger partial charge in [-0.15, -0.1) is 0 Å². The fraction of sp³-hybridized carbons (Fsp3) is 0.609. The smallest absolute Gasteiger partial charge is 0.305 e. The molecule has 15 heteroatoms. The first kappa shape index (κ1) is 29.8. The number of rotatable bonds is 11. The highest BCUT2D eigenvalue weighted by atomic mass is 32.2. The number of amides is 1. The number of ether oxygens (including phenoxy) is 1. The van der Waals surface area contributed by atoms with Gasteiger partial charge in [-0.2, -0.15) is 13.1 Å². The molecule has 1 aromatic carbocycles. The third kappa shape index (κ3) is 7.41. The monoisotopic (exact) mass is 567 g/mol. The third-order valence-electron chi connectivity index (χ3n) is 6.56. The average molecular weight is 568 g/mol. The number of Topliss-reactive ketones (excluding diaryl/α,β-unsaturated/α-hetero) is 1. The van der Waals surface area contributed by atoms with E-state index in [0.717, 1.165) is 19.3 Å². The van der Waals surface area contributed by atoms with Gasteiger partial charge in [-0.1, -0.05) is 19.3 Å². The van der Waals surface area contributed by atoms with Crippen LogP contribution in [-0.4, -0.2) is 91.0 Å². The van der Waals surface area contributed by atoms with Crippen LogP contribution < -0.4 is 10.1 Å². The summed E-state index contributed by atoms with van der Waals surface area (Å²) in [4.78, 5) is 37.8. The lowest BCUT2D eigenvalue weighted by atomic mass is 10.0. The van der Waals surface area contributed by atoms with Crippen LogP contribution in [0.1, 0.15) is 38.5 Å². The minimum atomic E-state index is -3.44. The largest absolute Gasteiger partial charge is 0.481 e. The van der Waals surface area contributed by atoms with Crippen LogP contribution in [0.4, 0.5) is 17.6 Å². The fourth-order valence-corrected chi connectivity index (χ4v) is 6.52. The lowest BCUT2D eigenvalue weighted by Crippen LogP contribution is -2.54. The quantitative estimate of drug-likeness (QED) is 0.303. The maximum atomic E-state index is 13.8. The molecule has 2 aliphatic rings. The van der Waals surface area contributed by atoms with Gasteiger partial charge in [-0.25, -0.2) is 17.2 Å². The van der Waals surface area contributed by atoms with Crippen molar-refractivity contribution in [1.29, 1.82) is 0 Å². The Kier molecular flexibility index (Phi) is 10.1. The first-order valence-corrected chi connectivity index (χ1v) is 13.6. The summed E-state index contributed by atoms with van der Waals surface area (Å²) in [7, 11) is -3.44. The second kappa shape index (κ2) is 12.8. The Morgan fingerprint density at radius 3 is 2.13 bits per heavy atom. The van der Waals surface area contributed by atoms with E-state index in [4.69, 9.17) is 5.11 Å². The second-order valence-electron chi connectivity index (χ2n) is 9.25. The van der Waals surface area contributed by atoms with E-state index in [2.05, 4.69) is 10.1 Å². The highest BCUT2D eigenvalue weighted by Gasteiger charge is 2.35. The molecule has 1 heterocycles. The van der Waals surface area contributed by atoms with Crippen LogP contribution in [-0.2, 0) is 24.4 Å². The number of benzene rings is 1. The Hall–Kier alpha value is -2.78. The Morgan fingerprint density at radius 2 is 1.58 bits per heavy atom. The molecule has 1 aromatic rings. The van der Waals surface area contributed by atoms with Crippen LogP contribution in [0.5, 0.6) is 5.75 Å². The molecule has 1 atom stereocenters. The molecule has 0 bridgehead atoms. The van der Waals surface area contributed by atoms with Gasteiger partial charge in [0.25, 0.3) is 0 Å². The predicted molar refractivity (Wildman–Crippen MR) is 125 cm³/mol. The van der Waals surface area contributed by atoms with Crippen molar-refractivity contribution < 1.29 is 50.2 Å². The van der Waals surface area contributed by atoms with Crippen LogP contribution in [0.3, 0.4) is 0 Å². The number of carbonyl (C=O) groups excluding carboxylic acids is 2. The van der Waals surface area contributed by atoms with E-state index in [-0.39, 0.29) is 38.8 Å². The molecule has 212 valence electrons. The van der Waals surface area contributed by atoms with Gasteiger partial charge in [0, 0.05) is 32.2 Å². The van der Waals surface area contributed by atoms with Crippen LogP contribution in [0.2, 0.25) is 0 Å². The summed E-state index contributed by atoms with van der Waals surface area (Å²) in [6, 6.07) is -1.70. The molecule has 1 aliphatic heterocycles. The molecular formula is C23H29F4N3O7S. The number of sulfonamides is 1. The van der Waals surface area contributed by atoms with Gasteiger partial charge >= 0.3 is 5.97 Å². The molecule has 1 aliphatic carbocycles. The number of nitrogens with zero attached hydrogens (tertiary/aromatic N) is 2. The highest BCUT2D eigenvalue weighted by Crippen LogP contribution is 2.27. The molecular weight excluding hydrogens is 538 g/mol. The number of ketones is 1. The topological polar surface area (TPSA) is 133 Å². The maximum absolute atomic E-state index is 13.8. The number of carboxylic acids is 1. The molecule has 1 saturated carbocycles. The Labute approximate surface area is 217 Å². The summed E-state index contributed by atoms with van der Waals surface area (Å²) >= 11 is 0. The molecule has 10 nitrogen and oxygen atoms in total. The van der Waals surface area contributed by atoms with Crippen molar-refractivity contribution in [3.05, 3.63) is 29.3 Å². The van der Waals surface area contributed by atoms with Crippen molar-refractivity contribution in [2.45, 2.75) is 49.8 Å². The molecule has 0 spiro atoms. The normalized spacial score (nSPS) is 18.6. The van der Waals surface area contributed by atoms with Crippen molar-refractivity contribution in [3.8, 4) is 5.75 Å². The van der Waals surface area contributed by atoms with Gasteiger partial charge in [0.1, 0.15) is 12.6 Å². The van der Waals surface area contributed by atoms with Crippen molar-refractivity contribution in [3.63, 3.8) is 0 Å². The zero-order chi connectivity index (χ0) is 28.0. The zero-order valence-corrected chi connectivity index (χ0v) is 21.2. The lowest BCUT2D eigenvalue weighted by Gasteiger charge is -2.36. The molecule has 38 heavy (non-hydrogen) atoms. The number of piperazine rings is 1. The molecule has 1 unspecified atom stereocenters. The number of carboxylic acid groups (broad SMARTS) is 1. The standard InChI is InChI=1S/C23H29F4N3O7S/c24-15-10-16(25)22(27)23(21(15)26)37-13-18(31)17(11-20(33)34)28-19(32)12-29-6-8-30(9-7-29)38(35,36)14-4-2-1-3-5-14/h10,14,17H,1-9,11-13H2,(H,28,32)(H,33,34). The van der Waals surface area contributed by atoms with Gasteiger partial charge in [-0.05, 0) is 12.8 Å². The molecule has 3 rings (SSSR count). The molecule has 1 amide bonds. The molecule has 2 fully saturated rings. The average Bonchev–Trinajstić information content (AvgIpc) is 2.87. The minimum Gasteiger partial charge on any atom is -0.481 e. The minimum absolute atomic E-state index is 0.0436. The van der Waals surface area contributed by atoms with Crippen LogP contribution in [0, 0.1) is 23.3 Å². The number of nitrogens with one attached hydrogen (secondary N) is 1. The summed E-state index contributed by atoms with van der Waals surface area (Å²) in [5.74, 6) is -12.1. The summed E-state index contributed by atoms with van der Waals surface area (Å²) in [5.41, 5.74) is 0. The number of carbonyl (C=O) groups is 3. The first-order chi connectivity index (χ1) is 17.9. The van der Waals surface area contributed by atoms with E-state index in [9.17, 15) is 40.4 Å². The molecule has 1 saturated heterocycles. The SMILES string of the molecule is O=C(O)CC(NC(=O)CN1CCN(S(=O)(=O)C2CCCCC2)CC1)C(=O)COc1c(F)c(F)cc(F)c1F. The van der Waals surface area contributed by atoms with Crippen LogP contribution in [0.15, 0.2) is 6.07 Å². The van der Waals surface area contributed by atoms with Gasteiger partial charge < -0.3 is 15.2 Å². The van der Waals surface area contributed by atoms with Crippen molar-refractivity contribution in [2.24, 2.45) is 0 Å². The summed E-state index contributed by atoms with van der Waals surface area (Å²) in [5, 5.41) is 10.9. The Balaban J connectivity index is 1.54. The van der Waals surface area contributed by atoms with Crippen LogP contribution in [0.25, 0.3) is 0 Å². The van der Waals surface area contributed by atoms with Crippen molar-refractivity contribution in [2.75, 3.05) is 39.3 Å². The summed E-state index contributed by atoms with van der Waals surface area (Å²) in [6.45, 7) is -0.600. The number of hydrogen-bond acceptors (Lipinski definition) is 7. The van der Waals surface area contributed by atoms with Gasteiger partial charge in [-0.3, -0.25) is 19.3 Å². The highest BCUT2D eigenvalue weighted by molar-refractivity contribution is 7.89. The van der Waals surface area contributed by atoms with E-state index in [1.54, 1.807) is 4.90 Å². The van der Waals surface area contributed by atoms with Crippen molar-refractivity contribution in [1.82, 2.24) is 14.5 Å². The number of hydrogen-bond donors (Lipinski definition) is 2. The third-order valence-corrected chi connectivity index (χ3v) is 8.96. The summed E-state index contributed by atoms with van der Waals surface area (Å²) in [6.07, 6.45) is 3.12. The predicted octanol–water partition coefficient (Wildman–Crippen LogP) is 1.43. The number of aliphatic carboxylic acids is 1. The van der Waals surface area contributed by atoms with Gasteiger partial charge in [0.15, 0.2) is 23.2 Å². The molecule has 2 N–H and O–H groups in total. The van der Waals surface area contributed by atoms with E-state index >= 15 is 0 Å². The van der Waals surface area contributed by atoms with E-state index < -0.39 is 81.0 Å². The zero-order valence-electron chi connectivity index (χ0n) is 20.4. The second-order valence-corrected chi connectivity index (χ2v) is 11.5. The van der Waals surface area contributed by atoms with Crippen LogP contribution >= 0.6 is 0 Å².